The lowest BCUT2D eigenvalue weighted by Crippen LogP contribution is -2.10. The van der Waals surface area contributed by atoms with Gasteiger partial charge >= 0.3 is 0 Å². The SMILES string of the molecule is C[C@@H](Sc1nc2c(cnn2-c2ccc(F)cc2)c(=O)[nH]1)c1ccccc1. The van der Waals surface area contributed by atoms with E-state index in [0.717, 1.165) is 5.56 Å². The molecule has 1 N–H and O–H groups in total. The number of aromatic nitrogens is 4. The molecule has 130 valence electrons. The topological polar surface area (TPSA) is 63.6 Å². The van der Waals surface area contributed by atoms with Gasteiger partial charge in [0.1, 0.15) is 11.2 Å². The fourth-order valence-electron chi connectivity index (χ4n) is 2.68. The Morgan fingerprint density at radius 1 is 1.12 bits per heavy atom. The highest BCUT2D eigenvalue weighted by molar-refractivity contribution is 7.99. The third kappa shape index (κ3) is 3.13. The molecule has 0 aliphatic carbocycles. The molecule has 7 heteroatoms. The molecule has 0 unspecified atom stereocenters. The van der Waals surface area contributed by atoms with E-state index in [9.17, 15) is 9.18 Å². The van der Waals surface area contributed by atoms with Crippen molar-refractivity contribution in [3.63, 3.8) is 0 Å². The van der Waals surface area contributed by atoms with Crippen LogP contribution in [0.2, 0.25) is 0 Å². The van der Waals surface area contributed by atoms with E-state index in [0.29, 0.717) is 21.9 Å². The highest BCUT2D eigenvalue weighted by atomic mass is 32.2. The molecule has 0 saturated carbocycles. The van der Waals surface area contributed by atoms with E-state index >= 15 is 0 Å². The molecule has 4 rings (SSSR count). The van der Waals surface area contributed by atoms with Crippen LogP contribution in [0.3, 0.4) is 0 Å². The summed E-state index contributed by atoms with van der Waals surface area (Å²) in [5.41, 5.74) is 1.99. The normalized spacial score (nSPS) is 12.4. The summed E-state index contributed by atoms with van der Waals surface area (Å²) in [6, 6.07) is 15.9. The van der Waals surface area contributed by atoms with Crippen LogP contribution in [-0.2, 0) is 0 Å². The molecule has 0 fully saturated rings. The summed E-state index contributed by atoms with van der Waals surface area (Å²) in [5, 5.41) is 5.27. The van der Waals surface area contributed by atoms with Gasteiger partial charge in [0.2, 0.25) is 0 Å². The van der Waals surface area contributed by atoms with Crippen LogP contribution in [0.5, 0.6) is 0 Å². The van der Waals surface area contributed by atoms with Crippen molar-refractivity contribution in [3.8, 4) is 5.69 Å². The first-order valence-electron chi connectivity index (χ1n) is 8.07. The predicted octanol–water partition coefficient (Wildman–Crippen LogP) is 4.10. The Kier molecular flexibility index (Phi) is 4.30. The molecule has 0 saturated heterocycles. The van der Waals surface area contributed by atoms with Gasteiger partial charge in [0.05, 0.1) is 11.9 Å². The predicted molar refractivity (Wildman–Crippen MR) is 100 cm³/mol. The van der Waals surface area contributed by atoms with E-state index in [1.807, 2.05) is 30.3 Å². The van der Waals surface area contributed by atoms with E-state index < -0.39 is 0 Å². The molecule has 0 amide bonds. The van der Waals surface area contributed by atoms with Gasteiger partial charge in [-0.25, -0.2) is 14.1 Å². The number of H-pyrrole nitrogens is 1. The Hall–Kier alpha value is -2.93. The number of hydrogen-bond acceptors (Lipinski definition) is 4. The van der Waals surface area contributed by atoms with Gasteiger partial charge in [-0.3, -0.25) is 4.79 Å². The Morgan fingerprint density at radius 3 is 2.58 bits per heavy atom. The van der Waals surface area contributed by atoms with Crippen molar-refractivity contribution in [1.82, 2.24) is 19.7 Å². The van der Waals surface area contributed by atoms with Crippen molar-refractivity contribution in [3.05, 3.63) is 82.5 Å². The fraction of sp³-hybridized carbons (Fsp3) is 0.105. The minimum Gasteiger partial charge on any atom is -0.301 e. The third-order valence-corrected chi connectivity index (χ3v) is 5.09. The summed E-state index contributed by atoms with van der Waals surface area (Å²) in [6.07, 6.45) is 1.47. The number of hydrogen-bond donors (Lipinski definition) is 1. The lowest BCUT2D eigenvalue weighted by molar-refractivity contribution is 0.627. The Bertz CT molecular complexity index is 1110. The zero-order valence-electron chi connectivity index (χ0n) is 13.9. The van der Waals surface area contributed by atoms with Crippen molar-refractivity contribution in [2.24, 2.45) is 0 Å². The molecule has 0 bridgehead atoms. The molecular weight excluding hydrogens is 351 g/mol. The highest BCUT2D eigenvalue weighted by Crippen LogP contribution is 2.32. The molecule has 5 nitrogen and oxygen atoms in total. The van der Waals surface area contributed by atoms with E-state index in [1.165, 1.54) is 30.1 Å². The zero-order valence-corrected chi connectivity index (χ0v) is 14.7. The number of nitrogens with zero attached hydrogens (tertiary/aromatic N) is 3. The second-order valence-corrected chi connectivity index (χ2v) is 7.14. The fourth-order valence-corrected chi connectivity index (χ4v) is 3.60. The summed E-state index contributed by atoms with van der Waals surface area (Å²) in [4.78, 5) is 19.8. The second-order valence-electron chi connectivity index (χ2n) is 5.81. The van der Waals surface area contributed by atoms with Gasteiger partial charge < -0.3 is 4.98 Å². The van der Waals surface area contributed by atoms with Gasteiger partial charge in [-0.2, -0.15) is 5.10 Å². The minimum atomic E-state index is -0.330. The van der Waals surface area contributed by atoms with Crippen molar-refractivity contribution in [2.75, 3.05) is 0 Å². The molecule has 0 aliphatic rings. The largest absolute Gasteiger partial charge is 0.301 e. The number of benzene rings is 2. The summed E-state index contributed by atoms with van der Waals surface area (Å²) in [5.74, 6) is -0.330. The van der Waals surface area contributed by atoms with E-state index in [-0.39, 0.29) is 16.6 Å². The molecule has 0 radical (unpaired) electrons. The van der Waals surface area contributed by atoms with Crippen molar-refractivity contribution in [1.29, 1.82) is 0 Å². The minimum absolute atomic E-state index is 0.124. The lowest BCUT2D eigenvalue weighted by atomic mass is 10.2. The van der Waals surface area contributed by atoms with Crippen LogP contribution in [0.15, 0.2) is 70.7 Å². The van der Waals surface area contributed by atoms with Gasteiger partial charge in [-0.05, 0) is 36.8 Å². The van der Waals surface area contributed by atoms with E-state index in [2.05, 4.69) is 22.0 Å². The molecule has 0 aliphatic heterocycles. The average molecular weight is 366 g/mol. The molecule has 2 heterocycles. The van der Waals surface area contributed by atoms with Gasteiger partial charge in [0.25, 0.3) is 5.56 Å². The quantitative estimate of drug-likeness (QED) is 0.436. The van der Waals surface area contributed by atoms with Crippen LogP contribution < -0.4 is 5.56 Å². The Balaban J connectivity index is 1.74. The summed E-state index contributed by atoms with van der Waals surface area (Å²) < 4.78 is 14.7. The van der Waals surface area contributed by atoms with E-state index in [4.69, 9.17) is 0 Å². The first-order chi connectivity index (χ1) is 12.6. The maximum Gasteiger partial charge on any atom is 0.262 e. The monoisotopic (exact) mass is 366 g/mol. The third-order valence-electron chi connectivity index (χ3n) is 4.04. The number of rotatable bonds is 4. The van der Waals surface area contributed by atoms with Crippen molar-refractivity contribution >= 4 is 22.8 Å². The van der Waals surface area contributed by atoms with Gasteiger partial charge in [-0.1, -0.05) is 42.1 Å². The number of halogens is 1. The second kappa shape index (κ2) is 6.76. The number of thioether (sulfide) groups is 1. The lowest BCUT2D eigenvalue weighted by Gasteiger charge is -2.11. The summed E-state index contributed by atoms with van der Waals surface area (Å²) in [6.45, 7) is 2.06. The molecule has 4 aromatic rings. The van der Waals surface area contributed by atoms with Crippen LogP contribution in [0.25, 0.3) is 16.7 Å². The zero-order chi connectivity index (χ0) is 18.1. The maximum atomic E-state index is 13.2. The first kappa shape index (κ1) is 16.5. The number of nitrogens with one attached hydrogen (secondary N) is 1. The van der Waals surface area contributed by atoms with Gasteiger partial charge in [-0.15, -0.1) is 0 Å². The van der Waals surface area contributed by atoms with Crippen LogP contribution in [-0.4, -0.2) is 19.7 Å². The summed E-state index contributed by atoms with van der Waals surface area (Å²) in [7, 11) is 0. The summed E-state index contributed by atoms with van der Waals surface area (Å²) >= 11 is 1.47. The van der Waals surface area contributed by atoms with Crippen molar-refractivity contribution in [2.45, 2.75) is 17.3 Å². The van der Waals surface area contributed by atoms with Gasteiger partial charge in [0, 0.05) is 5.25 Å². The van der Waals surface area contributed by atoms with E-state index in [1.54, 1.807) is 16.8 Å². The number of aromatic amines is 1. The Labute approximate surface area is 152 Å². The molecule has 0 spiro atoms. The molecule has 2 aromatic heterocycles. The number of fused-ring (bicyclic) bond motifs is 1. The molecule has 2 aromatic carbocycles. The standard InChI is InChI=1S/C19H15FN4OS/c1-12(13-5-3-2-4-6-13)26-19-22-17-16(18(25)23-19)11-21-24(17)15-9-7-14(20)8-10-15/h2-12H,1H3,(H,22,23,25)/t12-/m1/s1. The molecule has 1 atom stereocenters. The highest BCUT2D eigenvalue weighted by Gasteiger charge is 2.14. The maximum absolute atomic E-state index is 13.2. The molecular formula is C19H15FN4OS. The molecule has 26 heavy (non-hydrogen) atoms. The van der Waals surface area contributed by atoms with Gasteiger partial charge in [0.15, 0.2) is 10.8 Å². The Morgan fingerprint density at radius 2 is 1.85 bits per heavy atom. The average Bonchev–Trinajstić information content (AvgIpc) is 3.07. The van der Waals surface area contributed by atoms with Crippen LogP contribution in [0, 0.1) is 5.82 Å². The first-order valence-corrected chi connectivity index (χ1v) is 8.95. The smallest absolute Gasteiger partial charge is 0.262 e. The van der Waals surface area contributed by atoms with Crippen LogP contribution in [0.1, 0.15) is 17.7 Å². The van der Waals surface area contributed by atoms with Crippen LogP contribution in [0.4, 0.5) is 4.39 Å². The van der Waals surface area contributed by atoms with Crippen LogP contribution >= 0.6 is 11.8 Å². The van der Waals surface area contributed by atoms with Crippen molar-refractivity contribution < 1.29 is 4.39 Å².